The smallest absolute Gasteiger partial charge is 0.218 e. The largest absolute Gasteiger partial charge is 0.477 e. The highest BCUT2D eigenvalue weighted by molar-refractivity contribution is 5.28. The van der Waals surface area contributed by atoms with Crippen LogP contribution < -0.4 is 10.1 Å². The lowest BCUT2D eigenvalue weighted by Gasteiger charge is -2.16. The van der Waals surface area contributed by atoms with Crippen LogP contribution in [0.15, 0.2) is 18.3 Å². The molecule has 0 saturated carbocycles. The number of hydrogen-bond acceptors (Lipinski definition) is 3. The summed E-state index contributed by atoms with van der Waals surface area (Å²) in [6.07, 6.45) is 2.78. The van der Waals surface area contributed by atoms with Gasteiger partial charge in [0.05, 0.1) is 6.61 Å². The Morgan fingerprint density at radius 3 is 2.93 bits per heavy atom. The topological polar surface area (TPSA) is 34.1 Å². The lowest BCUT2D eigenvalue weighted by Crippen LogP contribution is -2.19. The highest BCUT2D eigenvalue weighted by atomic mass is 16.5. The zero-order valence-corrected chi connectivity index (χ0v) is 9.79. The van der Waals surface area contributed by atoms with Crippen molar-refractivity contribution in [3.8, 4) is 5.88 Å². The maximum absolute atomic E-state index is 5.60. The van der Waals surface area contributed by atoms with Gasteiger partial charge in [0.2, 0.25) is 5.88 Å². The summed E-state index contributed by atoms with van der Waals surface area (Å²) >= 11 is 0. The standard InChI is InChI=1S/C12H20N2O/c1-4-9-15-12-11(7-6-8-14-12)10(3)13-5-2/h6-8,10,13H,4-5,9H2,1-3H3. The van der Waals surface area contributed by atoms with Gasteiger partial charge in [-0.3, -0.25) is 0 Å². The van der Waals surface area contributed by atoms with E-state index in [0.717, 1.165) is 31.0 Å². The number of hydrogen-bond donors (Lipinski definition) is 1. The monoisotopic (exact) mass is 208 g/mol. The highest BCUT2D eigenvalue weighted by Gasteiger charge is 2.10. The Balaban J connectivity index is 2.75. The van der Waals surface area contributed by atoms with Gasteiger partial charge >= 0.3 is 0 Å². The van der Waals surface area contributed by atoms with Gasteiger partial charge in [-0.2, -0.15) is 0 Å². The fourth-order valence-electron chi connectivity index (χ4n) is 1.47. The average molecular weight is 208 g/mol. The number of nitrogens with zero attached hydrogens (tertiary/aromatic N) is 1. The predicted octanol–water partition coefficient (Wildman–Crippen LogP) is 2.54. The third kappa shape index (κ3) is 3.51. The molecule has 1 aromatic rings. The second-order valence-electron chi connectivity index (χ2n) is 3.53. The normalized spacial score (nSPS) is 12.5. The first kappa shape index (κ1) is 12.0. The Morgan fingerprint density at radius 1 is 1.47 bits per heavy atom. The third-order valence-electron chi connectivity index (χ3n) is 2.22. The zero-order valence-electron chi connectivity index (χ0n) is 9.79. The van der Waals surface area contributed by atoms with Crippen LogP contribution in [0.2, 0.25) is 0 Å². The number of ether oxygens (including phenoxy) is 1. The van der Waals surface area contributed by atoms with E-state index < -0.39 is 0 Å². The molecule has 1 heterocycles. The van der Waals surface area contributed by atoms with Gasteiger partial charge in [0, 0.05) is 17.8 Å². The molecule has 3 heteroatoms. The molecule has 0 aliphatic heterocycles. The number of pyridine rings is 1. The van der Waals surface area contributed by atoms with Crippen LogP contribution in [0.1, 0.15) is 38.8 Å². The van der Waals surface area contributed by atoms with Gasteiger partial charge < -0.3 is 10.1 Å². The molecular weight excluding hydrogens is 188 g/mol. The summed E-state index contributed by atoms with van der Waals surface area (Å²) in [7, 11) is 0. The van der Waals surface area contributed by atoms with Crippen LogP contribution in [0, 0.1) is 0 Å². The van der Waals surface area contributed by atoms with Crippen LogP contribution in [0.5, 0.6) is 5.88 Å². The van der Waals surface area contributed by atoms with Crippen LogP contribution in [0.25, 0.3) is 0 Å². The lowest BCUT2D eigenvalue weighted by atomic mass is 10.1. The van der Waals surface area contributed by atoms with Crippen molar-refractivity contribution in [3.05, 3.63) is 23.9 Å². The van der Waals surface area contributed by atoms with Crippen molar-refractivity contribution in [1.29, 1.82) is 0 Å². The van der Waals surface area contributed by atoms with E-state index in [4.69, 9.17) is 4.74 Å². The fourth-order valence-corrected chi connectivity index (χ4v) is 1.47. The van der Waals surface area contributed by atoms with Crippen LogP contribution in [-0.2, 0) is 0 Å². The second-order valence-corrected chi connectivity index (χ2v) is 3.53. The van der Waals surface area contributed by atoms with Crippen LogP contribution in [0.3, 0.4) is 0 Å². The van der Waals surface area contributed by atoms with Gasteiger partial charge in [-0.1, -0.05) is 19.9 Å². The van der Waals surface area contributed by atoms with Gasteiger partial charge in [-0.05, 0) is 26.0 Å². The second kappa shape index (κ2) is 6.40. The van der Waals surface area contributed by atoms with Crippen molar-refractivity contribution in [3.63, 3.8) is 0 Å². The molecule has 0 fully saturated rings. The molecule has 0 spiro atoms. The van der Waals surface area contributed by atoms with E-state index in [1.807, 2.05) is 6.07 Å². The molecule has 1 atom stereocenters. The first-order valence-electron chi connectivity index (χ1n) is 5.60. The number of nitrogens with one attached hydrogen (secondary N) is 1. The summed E-state index contributed by atoms with van der Waals surface area (Å²) in [5.74, 6) is 0.757. The van der Waals surface area contributed by atoms with Crippen molar-refractivity contribution >= 4 is 0 Å². The first-order valence-corrected chi connectivity index (χ1v) is 5.60. The van der Waals surface area contributed by atoms with E-state index in [0.29, 0.717) is 0 Å². The molecule has 3 nitrogen and oxygen atoms in total. The number of rotatable bonds is 6. The van der Waals surface area contributed by atoms with Crippen LogP contribution >= 0.6 is 0 Å². The summed E-state index contributed by atoms with van der Waals surface area (Å²) in [6.45, 7) is 7.99. The first-order chi connectivity index (χ1) is 7.29. The summed E-state index contributed by atoms with van der Waals surface area (Å²) in [4.78, 5) is 4.26. The van der Waals surface area contributed by atoms with Crippen molar-refractivity contribution in [2.75, 3.05) is 13.2 Å². The average Bonchev–Trinajstić information content (AvgIpc) is 2.27. The van der Waals surface area contributed by atoms with E-state index in [2.05, 4.69) is 37.1 Å². The molecule has 0 aromatic carbocycles. The molecule has 15 heavy (non-hydrogen) atoms. The third-order valence-corrected chi connectivity index (χ3v) is 2.22. The molecule has 0 radical (unpaired) electrons. The van der Waals surface area contributed by atoms with E-state index in [1.54, 1.807) is 6.20 Å². The Bertz CT molecular complexity index is 289. The SMILES string of the molecule is CCCOc1ncccc1C(C)NCC. The summed E-state index contributed by atoms with van der Waals surface area (Å²) in [6, 6.07) is 4.29. The van der Waals surface area contributed by atoms with Crippen molar-refractivity contribution in [1.82, 2.24) is 10.3 Å². The Morgan fingerprint density at radius 2 is 2.27 bits per heavy atom. The van der Waals surface area contributed by atoms with Crippen molar-refractivity contribution in [2.24, 2.45) is 0 Å². The maximum Gasteiger partial charge on any atom is 0.218 e. The van der Waals surface area contributed by atoms with E-state index in [-0.39, 0.29) is 6.04 Å². The van der Waals surface area contributed by atoms with Gasteiger partial charge in [0.25, 0.3) is 0 Å². The molecule has 0 aliphatic rings. The van der Waals surface area contributed by atoms with Crippen LogP contribution in [-0.4, -0.2) is 18.1 Å². The molecular formula is C12H20N2O. The summed E-state index contributed by atoms with van der Waals surface area (Å²) in [5, 5.41) is 3.36. The van der Waals surface area contributed by atoms with E-state index >= 15 is 0 Å². The molecule has 84 valence electrons. The fraction of sp³-hybridized carbons (Fsp3) is 0.583. The molecule has 1 unspecified atom stereocenters. The quantitative estimate of drug-likeness (QED) is 0.780. The highest BCUT2D eigenvalue weighted by Crippen LogP contribution is 2.21. The van der Waals surface area contributed by atoms with Crippen molar-refractivity contribution < 1.29 is 4.74 Å². The summed E-state index contributed by atoms with van der Waals surface area (Å²) < 4.78 is 5.60. The minimum atomic E-state index is 0.288. The predicted molar refractivity (Wildman–Crippen MR) is 62.1 cm³/mol. The van der Waals surface area contributed by atoms with E-state index in [1.165, 1.54) is 0 Å². The maximum atomic E-state index is 5.60. The number of aromatic nitrogens is 1. The Labute approximate surface area is 91.9 Å². The molecule has 1 aromatic heterocycles. The summed E-state index contributed by atoms with van der Waals surface area (Å²) in [5.41, 5.74) is 1.13. The molecule has 0 bridgehead atoms. The van der Waals surface area contributed by atoms with Crippen LogP contribution in [0.4, 0.5) is 0 Å². The Kier molecular flexibility index (Phi) is 5.12. The van der Waals surface area contributed by atoms with Gasteiger partial charge in [0.15, 0.2) is 0 Å². The zero-order chi connectivity index (χ0) is 11.1. The molecule has 1 rings (SSSR count). The molecule has 0 aliphatic carbocycles. The molecule has 0 saturated heterocycles. The van der Waals surface area contributed by atoms with E-state index in [9.17, 15) is 0 Å². The van der Waals surface area contributed by atoms with Gasteiger partial charge in [-0.25, -0.2) is 4.98 Å². The Hall–Kier alpha value is -1.09. The van der Waals surface area contributed by atoms with Gasteiger partial charge in [0.1, 0.15) is 0 Å². The van der Waals surface area contributed by atoms with Crippen molar-refractivity contribution in [2.45, 2.75) is 33.2 Å². The minimum absolute atomic E-state index is 0.288. The van der Waals surface area contributed by atoms with Gasteiger partial charge in [-0.15, -0.1) is 0 Å². The molecule has 1 N–H and O–H groups in total. The lowest BCUT2D eigenvalue weighted by molar-refractivity contribution is 0.298. The molecule has 0 amide bonds. The minimum Gasteiger partial charge on any atom is -0.477 e.